The van der Waals surface area contributed by atoms with Gasteiger partial charge in [0.25, 0.3) is 6.43 Å². The number of alkyl halides is 2. The third kappa shape index (κ3) is 5.11. The van der Waals surface area contributed by atoms with Crippen LogP contribution in [0.25, 0.3) is 0 Å². The average Bonchev–Trinajstić information content (AvgIpc) is 2.22. The highest BCUT2D eigenvalue weighted by atomic mass is 19.3. The fourth-order valence-electron chi connectivity index (χ4n) is 2.74. The number of carbonyl (C=O) groups excluding carboxylic acids is 1. The van der Waals surface area contributed by atoms with Crippen LogP contribution in [0.3, 0.4) is 0 Å². The van der Waals surface area contributed by atoms with Gasteiger partial charge in [0, 0.05) is 18.9 Å². The smallest absolute Gasteiger partial charge is 0.251 e. The second-order valence-corrected chi connectivity index (χ2v) is 5.20. The van der Waals surface area contributed by atoms with Crippen LogP contribution in [0.15, 0.2) is 0 Å². The first-order valence-corrected chi connectivity index (χ1v) is 6.52. The molecule has 2 unspecified atom stereocenters. The highest BCUT2D eigenvalue weighted by Gasteiger charge is 2.29. The molecule has 0 aromatic rings. The predicted molar refractivity (Wildman–Crippen MR) is 64.2 cm³/mol. The number of hydrogen-bond acceptors (Lipinski definition) is 2. The van der Waals surface area contributed by atoms with E-state index in [4.69, 9.17) is 0 Å². The van der Waals surface area contributed by atoms with Crippen molar-refractivity contribution >= 4 is 5.78 Å². The van der Waals surface area contributed by atoms with E-state index in [1.54, 1.807) is 11.9 Å². The first-order valence-electron chi connectivity index (χ1n) is 6.52. The van der Waals surface area contributed by atoms with Crippen LogP contribution in [-0.4, -0.2) is 37.2 Å². The zero-order valence-corrected chi connectivity index (χ0v) is 10.8. The maximum absolute atomic E-state index is 12.2. The Balaban J connectivity index is 2.41. The molecule has 2 atom stereocenters. The van der Waals surface area contributed by atoms with Gasteiger partial charge in [-0.15, -0.1) is 0 Å². The van der Waals surface area contributed by atoms with Gasteiger partial charge in [-0.25, -0.2) is 8.78 Å². The summed E-state index contributed by atoms with van der Waals surface area (Å²) in [6.45, 7) is 2.40. The maximum Gasteiger partial charge on any atom is 0.251 e. The van der Waals surface area contributed by atoms with Gasteiger partial charge in [0.05, 0.1) is 6.54 Å². The minimum Gasteiger partial charge on any atom is -0.300 e. The van der Waals surface area contributed by atoms with E-state index in [2.05, 4.69) is 6.92 Å². The fraction of sp³-hybridized carbons (Fsp3) is 0.923. The van der Waals surface area contributed by atoms with E-state index < -0.39 is 6.43 Å². The molecule has 1 aliphatic rings. The summed E-state index contributed by atoms with van der Waals surface area (Å²) in [7, 11) is 1.67. The Morgan fingerprint density at radius 2 is 2.18 bits per heavy atom. The van der Waals surface area contributed by atoms with Gasteiger partial charge in [-0.3, -0.25) is 4.79 Å². The second kappa shape index (κ2) is 7.04. The van der Waals surface area contributed by atoms with Gasteiger partial charge in [-0.05, 0) is 25.8 Å². The van der Waals surface area contributed by atoms with Gasteiger partial charge in [-0.2, -0.15) is 0 Å². The first-order chi connectivity index (χ1) is 8.02. The molecule has 0 aromatic heterocycles. The molecule has 1 fully saturated rings. The molecule has 0 amide bonds. The molecule has 4 heteroatoms. The molecule has 0 radical (unpaired) electrons. The number of ketones is 1. The summed E-state index contributed by atoms with van der Waals surface area (Å²) in [6.07, 6.45) is 2.49. The third-order valence-electron chi connectivity index (χ3n) is 3.55. The SMILES string of the molecule is CCCC1CCC(=O)C(CN(C)CC(F)F)C1. The van der Waals surface area contributed by atoms with Gasteiger partial charge < -0.3 is 4.90 Å². The predicted octanol–water partition coefficient (Wildman–Crippen LogP) is 2.97. The molecule has 2 nitrogen and oxygen atoms in total. The van der Waals surface area contributed by atoms with Crippen LogP contribution in [0.2, 0.25) is 0 Å². The minimum absolute atomic E-state index is 0.0240. The van der Waals surface area contributed by atoms with Crippen molar-refractivity contribution < 1.29 is 13.6 Å². The Morgan fingerprint density at radius 1 is 1.47 bits per heavy atom. The molecule has 0 N–H and O–H groups in total. The topological polar surface area (TPSA) is 20.3 Å². The lowest BCUT2D eigenvalue weighted by Crippen LogP contribution is -2.36. The lowest BCUT2D eigenvalue weighted by molar-refractivity contribution is -0.126. The molecule has 0 bridgehead atoms. The van der Waals surface area contributed by atoms with Crippen molar-refractivity contribution in [2.45, 2.75) is 45.5 Å². The van der Waals surface area contributed by atoms with Crippen LogP contribution in [0.5, 0.6) is 0 Å². The Bertz CT molecular complexity index is 246. The number of Topliss-reactive ketones (excluding diaryl/α,β-unsaturated/α-hetero) is 1. The number of hydrogen-bond donors (Lipinski definition) is 0. The first kappa shape index (κ1) is 14.6. The van der Waals surface area contributed by atoms with Crippen molar-refractivity contribution in [1.29, 1.82) is 0 Å². The number of nitrogens with zero attached hydrogens (tertiary/aromatic N) is 1. The minimum atomic E-state index is -2.31. The van der Waals surface area contributed by atoms with E-state index in [0.29, 0.717) is 18.9 Å². The van der Waals surface area contributed by atoms with E-state index in [-0.39, 0.29) is 18.2 Å². The second-order valence-electron chi connectivity index (χ2n) is 5.20. The fourth-order valence-corrected chi connectivity index (χ4v) is 2.74. The molecule has 1 rings (SSSR count). The Hall–Kier alpha value is -0.510. The Morgan fingerprint density at radius 3 is 2.76 bits per heavy atom. The lowest BCUT2D eigenvalue weighted by Gasteiger charge is -2.30. The summed E-state index contributed by atoms with van der Waals surface area (Å²) in [5.74, 6) is 0.852. The van der Waals surface area contributed by atoms with Crippen molar-refractivity contribution in [3.63, 3.8) is 0 Å². The number of rotatable bonds is 6. The van der Waals surface area contributed by atoms with Crippen LogP contribution >= 0.6 is 0 Å². The van der Waals surface area contributed by atoms with Crippen molar-refractivity contribution in [3.05, 3.63) is 0 Å². The Kier molecular flexibility index (Phi) is 6.03. The summed E-state index contributed by atoms with van der Waals surface area (Å²) >= 11 is 0. The van der Waals surface area contributed by atoms with Crippen LogP contribution in [0.4, 0.5) is 8.78 Å². The van der Waals surface area contributed by atoms with E-state index in [1.165, 1.54) is 0 Å². The maximum atomic E-state index is 12.2. The van der Waals surface area contributed by atoms with Crippen molar-refractivity contribution in [2.24, 2.45) is 11.8 Å². The van der Waals surface area contributed by atoms with E-state index >= 15 is 0 Å². The van der Waals surface area contributed by atoms with Gasteiger partial charge in [0.1, 0.15) is 5.78 Å². The molecular formula is C13H23F2NO. The molecule has 0 heterocycles. The molecule has 0 aromatic carbocycles. The largest absolute Gasteiger partial charge is 0.300 e. The third-order valence-corrected chi connectivity index (χ3v) is 3.55. The van der Waals surface area contributed by atoms with Crippen LogP contribution in [0.1, 0.15) is 39.0 Å². The normalized spacial score (nSPS) is 25.9. The van der Waals surface area contributed by atoms with Gasteiger partial charge in [-0.1, -0.05) is 19.8 Å². The van der Waals surface area contributed by atoms with E-state index in [0.717, 1.165) is 25.7 Å². The average molecular weight is 247 g/mol. The van der Waals surface area contributed by atoms with Crippen LogP contribution < -0.4 is 0 Å². The molecule has 1 aliphatic carbocycles. The molecule has 1 saturated carbocycles. The zero-order valence-electron chi connectivity index (χ0n) is 10.8. The molecule has 100 valence electrons. The summed E-state index contributed by atoms with van der Waals surface area (Å²) in [5.41, 5.74) is 0. The molecule has 0 saturated heterocycles. The quantitative estimate of drug-likeness (QED) is 0.719. The molecule has 0 spiro atoms. The Labute approximate surface area is 102 Å². The van der Waals surface area contributed by atoms with Crippen molar-refractivity contribution in [3.8, 4) is 0 Å². The summed E-state index contributed by atoms with van der Waals surface area (Å²) in [4.78, 5) is 13.3. The van der Waals surface area contributed by atoms with Crippen molar-refractivity contribution in [2.75, 3.05) is 20.1 Å². The van der Waals surface area contributed by atoms with Crippen LogP contribution in [0, 0.1) is 11.8 Å². The van der Waals surface area contributed by atoms with Crippen LogP contribution in [-0.2, 0) is 4.79 Å². The summed E-state index contributed by atoms with van der Waals surface area (Å²) in [5, 5.41) is 0. The van der Waals surface area contributed by atoms with Crippen molar-refractivity contribution in [1.82, 2.24) is 4.90 Å². The number of carbonyl (C=O) groups is 1. The highest BCUT2D eigenvalue weighted by Crippen LogP contribution is 2.30. The summed E-state index contributed by atoms with van der Waals surface area (Å²) < 4.78 is 24.4. The molecule has 17 heavy (non-hydrogen) atoms. The van der Waals surface area contributed by atoms with E-state index in [9.17, 15) is 13.6 Å². The monoisotopic (exact) mass is 247 g/mol. The van der Waals surface area contributed by atoms with Gasteiger partial charge in [0.2, 0.25) is 0 Å². The standard InChI is InChI=1S/C13H23F2NO/c1-3-4-10-5-6-12(17)11(7-10)8-16(2)9-13(14)15/h10-11,13H,3-9H2,1-2H3. The molecular weight excluding hydrogens is 224 g/mol. The zero-order chi connectivity index (χ0) is 12.8. The highest BCUT2D eigenvalue weighted by molar-refractivity contribution is 5.81. The van der Waals surface area contributed by atoms with Gasteiger partial charge in [0.15, 0.2) is 0 Å². The lowest BCUT2D eigenvalue weighted by atomic mass is 9.78. The molecule has 0 aliphatic heterocycles. The van der Waals surface area contributed by atoms with E-state index in [1.807, 2.05) is 0 Å². The summed E-state index contributed by atoms with van der Waals surface area (Å²) in [6, 6.07) is 0. The van der Waals surface area contributed by atoms with Gasteiger partial charge >= 0.3 is 0 Å². The number of halogens is 2.